The first kappa shape index (κ1) is 18.8. The van der Waals surface area contributed by atoms with Crippen LogP contribution >= 0.6 is 0 Å². The van der Waals surface area contributed by atoms with Gasteiger partial charge in [-0.3, -0.25) is 4.99 Å². The van der Waals surface area contributed by atoms with Gasteiger partial charge in [-0.15, -0.1) is 0 Å². The minimum absolute atomic E-state index is 0.0818. The molecular weight excluding hydrogens is 298 g/mol. The summed E-state index contributed by atoms with van der Waals surface area (Å²) in [6.07, 6.45) is 3.85. The summed E-state index contributed by atoms with van der Waals surface area (Å²) in [6.45, 7) is 15.0. The van der Waals surface area contributed by atoms with Crippen LogP contribution in [0.5, 0.6) is 5.75 Å². The summed E-state index contributed by atoms with van der Waals surface area (Å²) in [6, 6.07) is 6.14. The lowest BCUT2D eigenvalue weighted by atomic mass is 9.80. The van der Waals surface area contributed by atoms with Crippen molar-refractivity contribution in [2.75, 3.05) is 18.0 Å². The van der Waals surface area contributed by atoms with E-state index in [1.54, 1.807) is 0 Å². The van der Waals surface area contributed by atoms with Crippen molar-refractivity contribution in [1.82, 2.24) is 5.32 Å². The molecule has 1 saturated heterocycles. The standard InChI is InChI=1S/C20H33N3O/c1-7-23(8-2)17-10-9-15(18(24)11-17)14-21-16-12-19(3,4)22-20(5,6)13-16/h9-11,14,16,22,24H,7-8,12-13H2,1-6H3. The minimum atomic E-state index is 0.0818. The molecule has 0 aliphatic carbocycles. The fraction of sp³-hybridized carbons (Fsp3) is 0.650. The highest BCUT2D eigenvalue weighted by atomic mass is 16.3. The molecule has 0 saturated carbocycles. The number of nitrogens with one attached hydrogen (secondary N) is 1. The number of aromatic hydroxyl groups is 1. The van der Waals surface area contributed by atoms with Crippen molar-refractivity contribution in [1.29, 1.82) is 0 Å². The maximum absolute atomic E-state index is 10.3. The molecule has 0 amide bonds. The van der Waals surface area contributed by atoms with E-state index in [1.165, 1.54) is 0 Å². The van der Waals surface area contributed by atoms with Gasteiger partial charge in [-0.05, 0) is 66.5 Å². The molecule has 1 aromatic carbocycles. The molecule has 0 atom stereocenters. The molecule has 2 N–H and O–H groups in total. The first-order chi connectivity index (χ1) is 11.2. The van der Waals surface area contributed by atoms with E-state index >= 15 is 0 Å². The van der Waals surface area contributed by atoms with Crippen LogP contribution in [0, 0.1) is 0 Å². The van der Waals surface area contributed by atoms with Gasteiger partial charge < -0.3 is 15.3 Å². The highest BCUT2D eigenvalue weighted by Crippen LogP contribution is 2.31. The topological polar surface area (TPSA) is 47.9 Å². The second-order valence-corrected chi connectivity index (χ2v) is 8.15. The summed E-state index contributed by atoms with van der Waals surface area (Å²) in [5, 5.41) is 14.0. The Kier molecular flexibility index (Phi) is 5.59. The van der Waals surface area contributed by atoms with Crippen molar-refractivity contribution in [3.63, 3.8) is 0 Å². The first-order valence-electron chi connectivity index (χ1n) is 9.06. The number of aliphatic imine (C=N–C) groups is 1. The van der Waals surface area contributed by atoms with E-state index in [2.05, 4.69) is 57.8 Å². The zero-order valence-electron chi connectivity index (χ0n) is 16.1. The molecule has 134 valence electrons. The summed E-state index contributed by atoms with van der Waals surface area (Å²) in [4.78, 5) is 7.00. The smallest absolute Gasteiger partial charge is 0.126 e. The lowest BCUT2D eigenvalue weighted by molar-refractivity contribution is 0.164. The average Bonchev–Trinajstić information content (AvgIpc) is 2.44. The summed E-state index contributed by atoms with van der Waals surface area (Å²) < 4.78 is 0. The summed E-state index contributed by atoms with van der Waals surface area (Å²) in [5.74, 6) is 0.301. The molecule has 1 fully saturated rings. The quantitative estimate of drug-likeness (QED) is 0.803. The number of anilines is 1. The Morgan fingerprint density at radius 3 is 2.25 bits per heavy atom. The Balaban J connectivity index is 2.14. The van der Waals surface area contributed by atoms with E-state index in [-0.39, 0.29) is 17.1 Å². The molecule has 1 aliphatic heterocycles. The molecule has 1 heterocycles. The average molecular weight is 332 g/mol. The number of phenolic OH excluding ortho intramolecular Hbond substituents is 1. The van der Waals surface area contributed by atoms with Gasteiger partial charge in [0.2, 0.25) is 0 Å². The molecule has 0 unspecified atom stereocenters. The van der Waals surface area contributed by atoms with Crippen molar-refractivity contribution < 1.29 is 5.11 Å². The van der Waals surface area contributed by atoms with Gasteiger partial charge in [0.1, 0.15) is 5.75 Å². The van der Waals surface area contributed by atoms with Crippen molar-refractivity contribution in [3.8, 4) is 5.75 Å². The molecule has 2 rings (SSSR count). The van der Waals surface area contributed by atoms with Crippen molar-refractivity contribution in [2.45, 2.75) is 71.5 Å². The lowest BCUT2D eigenvalue weighted by Gasteiger charge is -2.45. The second kappa shape index (κ2) is 7.14. The molecule has 1 aromatic rings. The van der Waals surface area contributed by atoms with Gasteiger partial charge in [0.15, 0.2) is 0 Å². The normalized spacial score (nSPS) is 20.4. The number of benzene rings is 1. The van der Waals surface area contributed by atoms with Crippen LogP contribution in [0.2, 0.25) is 0 Å². The molecule has 0 bridgehead atoms. The van der Waals surface area contributed by atoms with Crippen LogP contribution in [-0.2, 0) is 0 Å². The maximum Gasteiger partial charge on any atom is 0.126 e. The van der Waals surface area contributed by atoms with Crippen LogP contribution in [0.3, 0.4) is 0 Å². The van der Waals surface area contributed by atoms with Gasteiger partial charge in [-0.25, -0.2) is 0 Å². The van der Waals surface area contributed by atoms with Crippen molar-refractivity contribution in [3.05, 3.63) is 23.8 Å². The molecule has 4 heteroatoms. The molecule has 0 spiro atoms. The number of rotatable bonds is 5. The Labute approximate surface area is 147 Å². The number of nitrogens with zero attached hydrogens (tertiary/aromatic N) is 2. The third-order valence-corrected chi connectivity index (χ3v) is 4.74. The van der Waals surface area contributed by atoms with Gasteiger partial charge in [0.25, 0.3) is 0 Å². The van der Waals surface area contributed by atoms with Crippen LogP contribution in [0.4, 0.5) is 5.69 Å². The Morgan fingerprint density at radius 2 is 1.75 bits per heavy atom. The largest absolute Gasteiger partial charge is 0.507 e. The van der Waals surface area contributed by atoms with Crippen molar-refractivity contribution >= 4 is 11.9 Å². The van der Waals surface area contributed by atoms with Crippen LogP contribution in [0.1, 0.15) is 59.9 Å². The van der Waals surface area contributed by atoms with E-state index in [0.717, 1.165) is 37.2 Å². The highest BCUT2D eigenvalue weighted by molar-refractivity contribution is 5.84. The number of hydrogen-bond acceptors (Lipinski definition) is 4. The Bertz CT molecular complexity index is 573. The summed E-state index contributed by atoms with van der Waals surface area (Å²) >= 11 is 0. The molecule has 0 aromatic heterocycles. The lowest BCUT2D eigenvalue weighted by Crippen LogP contribution is -2.58. The van der Waals surface area contributed by atoms with E-state index < -0.39 is 0 Å². The third kappa shape index (κ3) is 4.73. The number of hydrogen-bond donors (Lipinski definition) is 2. The molecular formula is C20H33N3O. The SMILES string of the molecule is CCN(CC)c1ccc(C=NC2CC(C)(C)NC(C)(C)C2)c(O)c1. The van der Waals surface area contributed by atoms with Gasteiger partial charge in [-0.1, -0.05) is 0 Å². The van der Waals surface area contributed by atoms with E-state index in [4.69, 9.17) is 4.99 Å². The fourth-order valence-corrected chi connectivity index (χ4v) is 3.99. The van der Waals surface area contributed by atoms with Crippen LogP contribution < -0.4 is 10.2 Å². The van der Waals surface area contributed by atoms with Gasteiger partial charge in [-0.2, -0.15) is 0 Å². The van der Waals surface area contributed by atoms with Crippen LogP contribution in [-0.4, -0.2) is 41.5 Å². The predicted molar refractivity (Wildman–Crippen MR) is 104 cm³/mol. The van der Waals surface area contributed by atoms with E-state index in [9.17, 15) is 5.11 Å². The zero-order valence-corrected chi connectivity index (χ0v) is 16.1. The molecule has 1 aliphatic rings. The summed E-state index contributed by atoms with van der Waals surface area (Å²) in [5.41, 5.74) is 2.01. The predicted octanol–water partition coefficient (Wildman–Crippen LogP) is 3.97. The van der Waals surface area contributed by atoms with Gasteiger partial charge in [0, 0.05) is 47.7 Å². The number of phenols is 1. The van der Waals surface area contributed by atoms with E-state index in [0.29, 0.717) is 5.75 Å². The van der Waals surface area contributed by atoms with Gasteiger partial charge in [0.05, 0.1) is 6.04 Å². The fourth-order valence-electron chi connectivity index (χ4n) is 3.99. The highest BCUT2D eigenvalue weighted by Gasteiger charge is 2.37. The second-order valence-electron chi connectivity index (χ2n) is 8.15. The third-order valence-electron chi connectivity index (χ3n) is 4.74. The zero-order chi connectivity index (χ0) is 18.0. The Morgan fingerprint density at radius 1 is 1.17 bits per heavy atom. The first-order valence-corrected chi connectivity index (χ1v) is 9.06. The van der Waals surface area contributed by atoms with Crippen molar-refractivity contribution in [2.24, 2.45) is 4.99 Å². The molecule has 24 heavy (non-hydrogen) atoms. The molecule has 0 radical (unpaired) electrons. The van der Waals surface area contributed by atoms with Crippen LogP contribution in [0.15, 0.2) is 23.2 Å². The molecule has 4 nitrogen and oxygen atoms in total. The van der Waals surface area contributed by atoms with Gasteiger partial charge >= 0.3 is 0 Å². The number of piperidine rings is 1. The van der Waals surface area contributed by atoms with E-state index in [1.807, 2.05) is 18.3 Å². The maximum atomic E-state index is 10.3. The monoisotopic (exact) mass is 331 g/mol. The van der Waals surface area contributed by atoms with Crippen LogP contribution in [0.25, 0.3) is 0 Å². The Hall–Kier alpha value is -1.55. The summed E-state index contributed by atoms with van der Waals surface area (Å²) in [7, 11) is 0. The minimum Gasteiger partial charge on any atom is -0.507 e.